The summed E-state index contributed by atoms with van der Waals surface area (Å²) in [5.41, 5.74) is 1.92. The lowest BCUT2D eigenvalue weighted by atomic mass is 10.0. The minimum Gasteiger partial charge on any atom is -0.481 e. The molecule has 0 aromatic heterocycles. The Hall–Kier alpha value is -1.13. The molecule has 3 nitrogen and oxygen atoms in total. The van der Waals surface area contributed by atoms with Crippen LogP contribution in [0, 0.1) is 0 Å². The predicted molar refractivity (Wildman–Crippen MR) is 87.0 cm³/mol. The van der Waals surface area contributed by atoms with E-state index in [-0.39, 0.29) is 17.1 Å². The molecule has 1 aromatic rings. The maximum Gasteiger partial charge on any atom is 0.307 e. The lowest BCUT2D eigenvalue weighted by Gasteiger charge is -2.39. The van der Waals surface area contributed by atoms with Gasteiger partial charge in [-0.1, -0.05) is 45.0 Å². The van der Waals surface area contributed by atoms with Gasteiger partial charge in [0.15, 0.2) is 8.32 Å². The number of hydrogen-bond donors (Lipinski definition) is 1. The van der Waals surface area contributed by atoms with Crippen LogP contribution in [0.4, 0.5) is 0 Å². The molecule has 21 heavy (non-hydrogen) atoms. The van der Waals surface area contributed by atoms with Gasteiger partial charge in [0, 0.05) is 0 Å². The third-order valence-electron chi connectivity index (χ3n) is 4.80. The van der Waals surface area contributed by atoms with Crippen molar-refractivity contribution in [1.82, 2.24) is 0 Å². The van der Waals surface area contributed by atoms with Crippen LogP contribution in [-0.4, -0.2) is 19.4 Å². The number of carbonyl (C=O) groups is 1. The second kappa shape index (κ2) is 5.25. The van der Waals surface area contributed by atoms with Crippen LogP contribution in [0.15, 0.2) is 24.3 Å². The standard InChI is InChI=1S/C17H26O3Si/c1-16(2,3)21(4,5)20-17(10-11-17)14-8-6-13(7-9-14)12-15(18)19/h6-9H,10-12H2,1-5H3,(H,18,19). The molecular formula is C17H26O3Si. The summed E-state index contributed by atoms with van der Waals surface area (Å²) >= 11 is 0. The Balaban J connectivity index is 2.16. The highest BCUT2D eigenvalue weighted by Gasteiger charge is 2.52. The normalized spacial score (nSPS) is 17.6. The van der Waals surface area contributed by atoms with Gasteiger partial charge in [-0.25, -0.2) is 0 Å². The lowest BCUT2D eigenvalue weighted by molar-refractivity contribution is -0.136. The average Bonchev–Trinajstić information content (AvgIpc) is 3.07. The molecule has 1 aromatic carbocycles. The van der Waals surface area contributed by atoms with Crippen LogP contribution in [0.5, 0.6) is 0 Å². The van der Waals surface area contributed by atoms with Crippen molar-refractivity contribution in [3.05, 3.63) is 35.4 Å². The topological polar surface area (TPSA) is 46.5 Å². The van der Waals surface area contributed by atoms with Gasteiger partial charge in [0.2, 0.25) is 0 Å². The predicted octanol–water partition coefficient (Wildman–Crippen LogP) is 4.32. The van der Waals surface area contributed by atoms with Gasteiger partial charge in [-0.2, -0.15) is 0 Å². The Morgan fingerprint density at radius 2 is 1.76 bits per heavy atom. The fourth-order valence-electron chi connectivity index (χ4n) is 2.31. The first-order valence-corrected chi connectivity index (χ1v) is 10.5. The van der Waals surface area contributed by atoms with Crippen LogP contribution >= 0.6 is 0 Å². The van der Waals surface area contributed by atoms with Crippen LogP contribution < -0.4 is 0 Å². The first-order valence-electron chi connectivity index (χ1n) is 7.57. The fourth-order valence-corrected chi connectivity index (χ4v) is 3.91. The van der Waals surface area contributed by atoms with Crippen LogP contribution in [0.3, 0.4) is 0 Å². The van der Waals surface area contributed by atoms with E-state index in [4.69, 9.17) is 9.53 Å². The van der Waals surface area contributed by atoms with E-state index in [0.717, 1.165) is 18.4 Å². The Morgan fingerprint density at radius 1 is 1.24 bits per heavy atom. The van der Waals surface area contributed by atoms with Gasteiger partial charge in [0.1, 0.15) is 0 Å². The van der Waals surface area contributed by atoms with Crippen molar-refractivity contribution in [2.75, 3.05) is 0 Å². The summed E-state index contributed by atoms with van der Waals surface area (Å²) in [4.78, 5) is 10.7. The molecule has 116 valence electrons. The second-order valence-corrected chi connectivity index (χ2v) is 12.3. The molecule has 0 bridgehead atoms. The van der Waals surface area contributed by atoms with Gasteiger partial charge < -0.3 is 9.53 Å². The van der Waals surface area contributed by atoms with Crippen molar-refractivity contribution in [3.63, 3.8) is 0 Å². The van der Waals surface area contributed by atoms with Gasteiger partial charge in [-0.3, -0.25) is 4.79 Å². The molecule has 0 spiro atoms. The van der Waals surface area contributed by atoms with E-state index in [1.54, 1.807) is 0 Å². The van der Waals surface area contributed by atoms with Gasteiger partial charge in [0.25, 0.3) is 0 Å². The highest BCUT2D eigenvalue weighted by Crippen LogP contribution is 2.54. The van der Waals surface area contributed by atoms with Crippen LogP contribution in [0.25, 0.3) is 0 Å². The molecule has 0 amide bonds. The molecule has 1 fully saturated rings. The molecule has 1 N–H and O–H groups in total. The zero-order valence-electron chi connectivity index (χ0n) is 13.7. The summed E-state index contributed by atoms with van der Waals surface area (Å²) in [5, 5.41) is 9.03. The Kier molecular flexibility index (Phi) is 4.06. The number of rotatable bonds is 5. The van der Waals surface area contributed by atoms with E-state index >= 15 is 0 Å². The second-order valence-electron chi connectivity index (χ2n) is 7.62. The molecule has 1 aliphatic rings. The fraction of sp³-hybridized carbons (Fsp3) is 0.588. The molecule has 1 saturated carbocycles. The van der Waals surface area contributed by atoms with Gasteiger partial charge in [-0.05, 0) is 42.1 Å². The molecule has 0 aliphatic heterocycles. The van der Waals surface area contributed by atoms with Crippen molar-refractivity contribution in [3.8, 4) is 0 Å². The van der Waals surface area contributed by atoms with E-state index in [9.17, 15) is 4.79 Å². The van der Waals surface area contributed by atoms with Crippen molar-refractivity contribution in [1.29, 1.82) is 0 Å². The van der Waals surface area contributed by atoms with E-state index < -0.39 is 14.3 Å². The quantitative estimate of drug-likeness (QED) is 0.824. The SMILES string of the molecule is CC(C)(C)[Si](C)(C)OC1(c2ccc(CC(=O)O)cc2)CC1. The monoisotopic (exact) mass is 306 g/mol. The van der Waals surface area contributed by atoms with Crippen LogP contribution in [0.1, 0.15) is 44.7 Å². The molecule has 0 saturated heterocycles. The number of aliphatic carboxylic acids is 1. The van der Waals surface area contributed by atoms with Crippen LogP contribution in [-0.2, 0) is 21.2 Å². The summed E-state index contributed by atoms with van der Waals surface area (Å²) in [5.74, 6) is -0.790. The maximum absolute atomic E-state index is 10.7. The molecular weight excluding hydrogens is 280 g/mol. The zero-order valence-corrected chi connectivity index (χ0v) is 14.7. The van der Waals surface area contributed by atoms with Gasteiger partial charge in [0.05, 0.1) is 12.0 Å². The van der Waals surface area contributed by atoms with Crippen LogP contribution in [0.2, 0.25) is 18.1 Å². The highest BCUT2D eigenvalue weighted by atomic mass is 28.4. The molecule has 0 unspecified atom stereocenters. The third kappa shape index (κ3) is 3.55. The smallest absolute Gasteiger partial charge is 0.307 e. The lowest BCUT2D eigenvalue weighted by Crippen LogP contribution is -2.44. The maximum atomic E-state index is 10.7. The summed E-state index contributed by atoms with van der Waals surface area (Å²) in [6, 6.07) is 7.91. The highest BCUT2D eigenvalue weighted by molar-refractivity contribution is 6.74. The average molecular weight is 306 g/mol. The third-order valence-corrected chi connectivity index (χ3v) is 9.31. The van der Waals surface area contributed by atoms with E-state index in [0.29, 0.717) is 0 Å². The first-order chi connectivity index (χ1) is 9.56. The summed E-state index contributed by atoms with van der Waals surface area (Å²) in [7, 11) is -1.79. The largest absolute Gasteiger partial charge is 0.481 e. The number of benzene rings is 1. The zero-order chi connectivity index (χ0) is 15.9. The van der Waals surface area contributed by atoms with Crippen molar-refractivity contribution < 1.29 is 14.3 Å². The number of carboxylic acid groups (broad SMARTS) is 1. The van der Waals surface area contributed by atoms with Gasteiger partial charge >= 0.3 is 5.97 Å². The summed E-state index contributed by atoms with van der Waals surface area (Å²) in [6.45, 7) is 11.3. The Labute approximate surface area is 128 Å². The van der Waals surface area contributed by atoms with Crippen molar-refractivity contribution in [2.45, 2.75) is 63.8 Å². The molecule has 0 atom stereocenters. The molecule has 0 heterocycles. The number of hydrogen-bond acceptors (Lipinski definition) is 2. The Bertz CT molecular complexity index is 522. The van der Waals surface area contributed by atoms with Crippen molar-refractivity contribution in [2.24, 2.45) is 0 Å². The van der Waals surface area contributed by atoms with E-state index in [2.05, 4.69) is 33.9 Å². The van der Waals surface area contributed by atoms with Crippen molar-refractivity contribution >= 4 is 14.3 Å². The van der Waals surface area contributed by atoms with E-state index in [1.807, 2.05) is 24.3 Å². The first kappa shape index (κ1) is 16.2. The molecule has 4 heteroatoms. The Morgan fingerprint density at radius 3 is 2.14 bits per heavy atom. The molecule has 0 radical (unpaired) electrons. The van der Waals surface area contributed by atoms with Gasteiger partial charge in [-0.15, -0.1) is 0 Å². The molecule has 1 aliphatic carbocycles. The van der Waals surface area contributed by atoms with E-state index in [1.165, 1.54) is 5.56 Å². The number of carboxylic acids is 1. The molecule has 2 rings (SSSR count). The summed E-state index contributed by atoms with van der Waals surface area (Å²) in [6.07, 6.45) is 2.21. The minimum absolute atomic E-state index is 0.0797. The summed E-state index contributed by atoms with van der Waals surface area (Å²) < 4.78 is 6.63. The minimum atomic E-state index is -1.79.